The Kier molecular flexibility index (Phi) is 3.02. The van der Waals surface area contributed by atoms with Gasteiger partial charge in [0, 0.05) is 0 Å². The van der Waals surface area contributed by atoms with Crippen LogP contribution < -0.4 is 5.56 Å². The van der Waals surface area contributed by atoms with Gasteiger partial charge in [-0.2, -0.15) is 0 Å². The van der Waals surface area contributed by atoms with Gasteiger partial charge in [-0.15, -0.1) is 11.8 Å². The summed E-state index contributed by atoms with van der Waals surface area (Å²) in [5, 5.41) is 9.11. The number of rotatable bonds is 2. The first-order valence-corrected chi connectivity index (χ1v) is 6.96. The number of benzene rings is 1. The Morgan fingerprint density at radius 3 is 2.89 bits per heavy atom. The predicted molar refractivity (Wildman–Crippen MR) is 73.4 cm³/mol. The molecule has 2 N–H and O–H groups in total. The van der Waals surface area contributed by atoms with Gasteiger partial charge in [0.1, 0.15) is 11.1 Å². The van der Waals surface area contributed by atoms with Crippen LogP contribution >= 0.6 is 11.8 Å². The SMILES string of the molecule is O=C(O)[C@H]1CC[C@@H](c2nc3ccccc3c(=O)[nH]2)S1. The lowest BCUT2D eigenvalue weighted by atomic mass is 10.2. The van der Waals surface area contributed by atoms with E-state index in [-0.39, 0.29) is 10.8 Å². The van der Waals surface area contributed by atoms with E-state index in [1.54, 1.807) is 18.2 Å². The Balaban J connectivity index is 1.98. The van der Waals surface area contributed by atoms with E-state index < -0.39 is 11.2 Å². The lowest BCUT2D eigenvalue weighted by molar-refractivity contribution is -0.136. The second-order valence-electron chi connectivity index (χ2n) is 4.50. The van der Waals surface area contributed by atoms with Gasteiger partial charge in [0.15, 0.2) is 0 Å². The standard InChI is InChI=1S/C13H12N2O3S/c16-12-7-3-1-2-4-8(7)14-11(15-12)9-5-6-10(19-9)13(17)18/h1-4,9-10H,5-6H2,(H,17,18)(H,14,15,16)/t9-,10+/m0/s1. The molecule has 1 fully saturated rings. The molecule has 3 rings (SSSR count). The summed E-state index contributed by atoms with van der Waals surface area (Å²) in [5.41, 5.74) is 0.487. The van der Waals surface area contributed by atoms with Crippen molar-refractivity contribution >= 4 is 28.6 Å². The number of H-pyrrole nitrogens is 1. The summed E-state index contributed by atoms with van der Waals surface area (Å²) in [4.78, 5) is 30.1. The molecule has 1 aliphatic rings. The third kappa shape index (κ3) is 2.23. The van der Waals surface area contributed by atoms with Crippen molar-refractivity contribution in [2.75, 3.05) is 0 Å². The largest absolute Gasteiger partial charge is 0.480 e. The number of aromatic nitrogens is 2. The number of hydrogen-bond acceptors (Lipinski definition) is 4. The van der Waals surface area contributed by atoms with E-state index in [9.17, 15) is 9.59 Å². The molecule has 1 aromatic carbocycles. The maximum atomic E-state index is 12.0. The van der Waals surface area contributed by atoms with Crippen LogP contribution in [0.2, 0.25) is 0 Å². The van der Waals surface area contributed by atoms with Crippen molar-refractivity contribution in [1.82, 2.24) is 9.97 Å². The molecule has 6 heteroatoms. The summed E-state index contributed by atoms with van der Waals surface area (Å²) in [7, 11) is 0. The summed E-state index contributed by atoms with van der Waals surface area (Å²) in [6.45, 7) is 0. The molecule has 1 aliphatic heterocycles. The van der Waals surface area contributed by atoms with Crippen LogP contribution in [0.15, 0.2) is 29.1 Å². The van der Waals surface area contributed by atoms with Crippen molar-refractivity contribution in [3.63, 3.8) is 0 Å². The van der Waals surface area contributed by atoms with Gasteiger partial charge in [-0.3, -0.25) is 9.59 Å². The Hall–Kier alpha value is -1.82. The number of aromatic amines is 1. The third-order valence-electron chi connectivity index (χ3n) is 3.23. The van der Waals surface area contributed by atoms with Crippen molar-refractivity contribution < 1.29 is 9.90 Å². The van der Waals surface area contributed by atoms with Crippen LogP contribution in [-0.4, -0.2) is 26.3 Å². The molecular weight excluding hydrogens is 264 g/mol. The van der Waals surface area contributed by atoms with Crippen molar-refractivity contribution in [3.8, 4) is 0 Å². The average molecular weight is 276 g/mol. The number of thioether (sulfide) groups is 1. The highest BCUT2D eigenvalue weighted by molar-refractivity contribution is 8.01. The number of carbonyl (C=O) groups is 1. The first-order valence-electron chi connectivity index (χ1n) is 6.02. The summed E-state index contributed by atoms with van der Waals surface area (Å²) in [5.74, 6) is -0.215. The van der Waals surface area contributed by atoms with E-state index in [0.717, 1.165) is 6.42 Å². The van der Waals surface area contributed by atoms with Crippen LogP contribution in [0.5, 0.6) is 0 Å². The molecule has 1 aromatic heterocycles. The smallest absolute Gasteiger partial charge is 0.316 e. The molecule has 2 aromatic rings. The minimum Gasteiger partial charge on any atom is -0.480 e. The number of carboxylic acids is 1. The number of nitrogens with zero attached hydrogens (tertiary/aromatic N) is 1. The van der Waals surface area contributed by atoms with Gasteiger partial charge in [0.25, 0.3) is 5.56 Å². The number of hydrogen-bond donors (Lipinski definition) is 2. The van der Waals surface area contributed by atoms with Gasteiger partial charge in [0.05, 0.1) is 16.2 Å². The van der Waals surface area contributed by atoms with E-state index in [2.05, 4.69) is 9.97 Å². The molecule has 0 unspecified atom stereocenters. The van der Waals surface area contributed by atoms with Crippen molar-refractivity contribution in [2.24, 2.45) is 0 Å². The minimum atomic E-state index is -0.796. The number of para-hydroxylation sites is 1. The van der Waals surface area contributed by atoms with Crippen LogP contribution in [0.25, 0.3) is 10.9 Å². The highest BCUT2D eigenvalue weighted by Gasteiger charge is 2.32. The van der Waals surface area contributed by atoms with Crippen LogP contribution in [0.3, 0.4) is 0 Å². The number of carboxylic acid groups (broad SMARTS) is 1. The number of fused-ring (bicyclic) bond motifs is 1. The molecule has 0 spiro atoms. The molecule has 98 valence electrons. The third-order valence-corrected chi connectivity index (χ3v) is 4.78. The second kappa shape index (κ2) is 4.70. The highest BCUT2D eigenvalue weighted by atomic mass is 32.2. The summed E-state index contributed by atoms with van der Waals surface area (Å²) < 4.78 is 0. The average Bonchev–Trinajstić information content (AvgIpc) is 2.88. The topological polar surface area (TPSA) is 83.0 Å². The zero-order chi connectivity index (χ0) is 13.4. The molecule has 0 bridgehead atoms. The van der Waals surface area contributed by atoms with Crippen LogP contribution in [0.4, 0.5) is 0 Å². The fourth-order valence-electron chi connectivity index (χ4n) is 2.28. The maximum Gasteiger partial charge on any atom is 0.316 e. The van der Waals surface area contributed by atoms with Gasteiger partial charge < -0.3 is 10.1 Å². The lowest BCUT2D eigenvalue weighted by Crippen LogP contribution is -2.14. The van der Waals surface area contributed by atoms with Gasteiger partial charge in [-0.25, -0.2) is 4.98 Å². The Morgan fingerprint density at radius 2 is 2.16 bits per heavy atom. The van der Waals surface area contributed by atoms with E-state index in [1.165, 1.54) is 11.8 Å². The minimum absolute atomic E-state index is 0.0431. The fourth-order valence-corrected chi connectivity index (χ4v) is 3.57. The van der Waals surface area contributed by atoms with Crippen molar-refractivity contribution in [1.29, 1.82) is 0 Å². The Morgan fingerprint density at radius 1 is 1.37 bits per heavy atom. The van der Waals surface area contributed by atoms with Gasteiger partial charge in [-0.1, -0.05) is 12.1 Å². The fraction of sp³-hybridized carbons (Fsp3) is 0.308. The number of nitrogens with one attached hydrogen (secondary N) is 1. The van der Waals surface area contributed by atoms with E-state index in [4.69, 9.17) is 5.11 Å². The molecule has 1 saturated heterocycles. The Labute approximate surface area is 113 Å². The molecule has 0 amide bonds. The Bertz CT molecular complexity index is 698. The molecule has 2 heterocycles. The first-order chi connectivity index (χ1) is 9.15. The normalized spacial score (nSPS) is 22.7. The van der Waals surface area contributed by atoms with Gasteiger partial charge >= 0.3 is 5.97 Å². The molecule has 5 nitrogen and oxygen atoms in total. The van der Waals surface area contributed by atoms with Gasteiger partial charge in [-0.05, 0) is 25.0 Å². The maximum absolute atomic E-state index is 12.0. The zero-order valence-corrected chi connectivity index (χ0v) is 10.8. The molecule has 0 radical (unpaired) electrons. The van der Waals surface area contributed by atoms with Crippen molar-refractivity contribution in [3.05, 3.63) is 40.4 Å². The molecule has 19 heavy (non-hydrogen) atoms. The quantitative estimate of drug-likeness (QED) is 0.876. The van der Waals surface area contributed by atoms with Crippen LogP contribution in [-0.2, 0) is 4.79 Å². The highest BCUT2D eigenvalue weighted by Crippen LogP contribution is 2.43. The van der Waals surface area contributed by atoms with Crippen molar-refractivity contribution in [2.45, 2.75) is 23.3 Å². The van der Waals surface area contributed by atoms with Gasteiger partial charge in [0.2, 0.25) is 0 Å². The zero-order valence-electron chi connectivity index (χ0n) is 10.00. The summed E-state index contributed by atoms with van der Waals surface area (Å²) >= 11 is 1.36. The first kappa shape index (κ1) is 12.2. The lowest BCUT2D eigenvalue weighted by Gasteiger charge is -2.09. The summed E-state index contributed by atoms with van der Waals surface area (Å²) in [6, 6.07) is 7.15. The monoisotopic (exact) mass is 276 g/mol. The van der Waals surface area contributed by atoms with E-state index >= 15 is 0 Å². The van der Waals surface area contributed by atoms with E-state index in [1.807, 2.05) is 6.07 Å². The summed E-state index contributed by atoms with van der Waals surface area (Å²) in [6.07, 6.45) is 1.34. The molecule has 0 aliphatic carbocycles. The van der Waals surface area contributed by atoms with Crippen LogP contribution in [0, 0.1) is 0 Å². The van der Waals surface area contributed by atoms with E-state index in [0.29, 0.717) is 23.1 Å². The number of aliphatic carboxylic acids is 1. The molecular formula is C13H12N2O3S. The van der Waals surface area contributed by atoms with Crippen LogP contribution in [0.1, 0.15) is 23.9 Å². The molecule has 2 atom stereocenters. The predicted octanol–water partition coefficient (Wildman–Crippen LogP) is 1.94. The molecule has 0 saturated carbocycles. The second-order valence-corrected chi connectivity index (χ2v) is 5.91.